The molecule has 1 fully saturated rings. The average molecular weight is 382 g/mol. The van der Waals surface area contributed by atoms with Gasteiger partial charge in [0.2, 0.25) is 5.91 Å². The molecule has 0 spiro atoms. The second kappa shape index (κ2) is 9.26. The van der Waals surface area contributed by atoms with Crippen molar-refractivity contribution in [2.75, 3.05) is 39.9 Å². The summed E-state index contributed by atoms with van der Waals surface area (Å²) in [6.45, 7) is 4.18. The fourth-order valence-corrected chi connectivity index (χ4v) is 3.11. The number of rotatable bonds is 6. The Balaban J connectivity index is 1.43. The highest BCUT2D eigenvalue weighted by molar-refractivity contribution is 5.80. The lowest BCUT2D eigenvalue weighted by atomic mass is 10.1. The molecule has 2 aromatic carbocycles. The first-order valence-electron chi connectivity index (χ1n) is 9.43. The number of carbonyl (C=O) groups is 2. The maximum absolute atomic E-state index is 12.5. The average Bonchev–Trinajstić information content (AvgIpc) is 2.73. The molecule has 148 valence electrons. The normalized spacial score (nSPS) is 13.9. The summed E-state index contributed by atoms with van der Waals surface area (Å²) in [7, 11) is 1.62. The van der Waals surface area contributed by atoms with Crippen LogP contribution in [0.15, 0.2) is 48.5 Å². The van der Waals surface area contributed by atoms with E-state index in [4.69, 9.17) is 9.47 Å². The van der Waals surface area contributed by atoms with Gasteiger partial charge in [0.1, 0.15) is 11.5 Å². The van der Waals surface area contributed by atoms with Crippen molar-refractivity contribution in [2.45, 2.75) is 13.3 Å². The molecule has 0 atom stereocenters. The molecular formula is C22H26N2O4. The first-order chi connectivity index (χ1) is 13.5. The van der Waals surface area contributed by atoms with Gasteiger partial charge in [0.05, 0.1) is 13.5 Å². The zero-order valence-corrected chi connectivity index (χ0v) is 16.4. The Morgan fingerprint density at radius 2 is 1.36 bits per heavy atom. The van der Waals surface area contributed by atoms with E-state index in [9.17, 15) is 9.59 Å². The molecule has 0 unspecified atom stereocenters. The number of piperazine rings is 1. The van der Waals surface area contributed by atoms with Crippen molar-refractivity contribution in [1.82, 2.24) is 9.80 Å². The molecule has 0 N–H and O–H groups in total. The van der Waals surface area contributed by atoms with Crippen LogP contribution in [-0.4, -0.2) is 61.5 Å². The number of aryl methyl sites for hydroxylation is 1. The van der Waals surface area contributed by atoms with E-state index in [1.54, 1.807) is 12.0 Å². The molecule has 0 aromatic heterocycles. The van der Waals surface area contributed by atoms with Gasteiger partial charge in [-0.15, -0.1) is 0 Å². The summed E-state index contributed by atoms with van der Waals surface area (Å²) in [5, 5.41) is 0. The summed E-state index contributed by atoms with van der Waals surface area (Å²) >= 11 is 0. The topological polar surface area (TPSA) is 59.1 Å². The van der Waals surface area contributed by atoms with Gasteiger partial charge < -0.3 is 19.3 Å². The van der Waals surface area contributed by atoms with Gasteiger partial charge in [-0.1, -0.05) is 29.8 Å². The largest absolute Gasteiger partial charge is 0.497 e. The van der Waals surface area contributed by atoms with Crippen LogP contribution < -0.4 is 9.47 Å². The third-order valence-corrected chi connectivity index (χ3v) is 4.88. The van der Waals surface area contributed by atoms with Gasteiger partial charge in [0.25, 0.3) is 5.91 Å². The van der Waals surface area contributed by atoms with Crippen molar-refractivity contribution in [3.05, 3.63) is 59.7 Å². The molecule has 0 bridgehead atoms. The third-order valence-electron chi connectivity index (χ3n) is 4.88. The van der Waals surface area contributed by atoms with Crippen LogP contribution in [0.1, 0.15) is 11.1 Å². The molecule has 3 rings (SSSR count). The van der Waals surface area contributed by atoms with E-state index in [1.165, 1.54) is 0 Å². The van der Waals surface area contributed by atoms with Crippen molar-refractivity contribution >= 4 is 11.8 Å². The number of amides is 2. The minimum Gasteiger partial charge on any atom is -0.497 e. The van der Waals surface area contributed by atoms with Crippen molar-refractivity contribution in [3.8, 4) is 11.5 Å². The van der Waals surface area contributed by atoms with Crippen LogP contribution in [0, 0.1) is 6.92 Å². The molecule has 0 saturated carbocycles. The van der Waals surface area contributed by atoms with E-state index >= 15 is 0 Å². The molecule has 0 aliphatic carbocycles. The highest BCUT2D eigenvalue weighted by Crippen LogP contribution is 2.14. The third kappa shape index (κ3) is 5.25. The second-order valence-corrected chi connectivity index (χ2v) is 6.89. The van der Waals surface area contributed by atoms with Crippen LogP contribution in [-0.2, 0) is 16.0 Å². The lowest BCUT2D eigenvalue weighted by Crippen LogP contribution is -2.52. The second-order valence-electron chi connectivity index (χ2n) is 6.89. The molecule has 0 radical (unpaired) electrons. The number of hydrogen-bond donors (Lipinski definition) is 0. The van der Waals surface area contributed by atoms with Gasteiger partial charge in [-0.3, -0.25) is 9.59 Å². The Morgan fingerprint density at radius 3 is 1.93 bits per heavy atom. The lowest BCUT2D eigenvalue weighted by molar-refractivity contribution is -0.140. The monoisotopic (exact) mass is 382 g/mol. The lowest BCUT2D eigenvalue weighted by Gasteiger charge is -2.34. The number of benzene rings is 2. The Bertz CT molecular complexity index is 794. The van der Waals surface area contributed by atoms with E-state index in [-0.39, 0.29) is 18.4 Å². The van der Waals surface area contributed by atoms with Crippen molar-refractivity contribution in [2.24, 2.45) is 0 Å². The number of methoxy groups -OCH3 is 1. The molecule has 1 heterocycles. The Morgan fingerprint density at radius 1 is 0.821 bits per heavy atom. The smallest absolute Gasteiger partial charge is 0.260 e. The minimum atomic E-state index is -0.0529. The summed E-state index contributed by atoms with van der Waals surface area (Å²) in [5.41, 5.74) is 2.10. The number of hydrogen-bond acceptors (Lipinski definition) is 4. The number of ether oxygens (including phenoxy) is 2. The van der Waals surface area contributed by atoms with E-state index in [0.29, 0.717) is 38.3 Å². The van der Waals surface area contributed by atoms with Crippen LogP contribution in [0.5, 0.6) is 11.5 Å². The van der Waals surface area contributed by atoms with Crippen LogP contribution in [0.3, 0.4) is 0 Å². The summed E-state index contributed by atoms with van der Waals surface area (Å²) in [5.74, 6) is 1.49. The van der Waals surface area contributed by atoms with Gasteiger partial charge in [-0.25, -0.2) is 0 Å². The maximum Gasteiger partial charge on any atom is 0.260 e. The fourth-order valence-electron chi connectivity index (χ4n) is 3.11. The molecule has 1 aliphatic rings. The standard InChI is InChI=1S/C22H26N2O4/c1-17-3-7-20(8-4-17)28-16-22(26)24-13-11-23(12-14-24)21(25)15-18-5-9-19(27-2)10-6-18/h3-10H,11-16H2,1-2H3. The highest BCUT2D eigenvalue weighted by Gasteiger charge is 2.24. The molecule has 1 aliphatic heterocycles. The number of nitrogens with zero attached hydrogens (tertiary/aromatic N) is 2. The molecule has 2 aromatic rings. The summed E-state index contributed by atoms with van der Waals surface area (Å²) in [4.78, 5) is 28.4. The van der Waals surface area contributed by atoms with E-state index in [0.717, 1.165) is 16.9 Å². The van der Waals surface area contributed by atoms with Crippen molar-refractivity contribution in [3.63, 3.8) is 0 Å². The van der Waals surface area contributed by atoms with Crippen LogP contribution >= 0.6 is 0 Å². The van der Waals surface area contributed by atoms with Crippen LogP contribution in [0.4, 0.5) is 0 Å². The predicted octanol–water partition coefficient (Wildman–Crippen LogP) is 2.30. The Labute approximate surface area is 165 Å². The summed E-state index contributed by atoms with van der Waals surface area (Å²) in [6, 6.07) is 15.1. The van der Waals surface area contributed by atoms with Gasteiger partial charge in [0, 0.05) is 26.2 Å². The van der Waals surface area contributed by atoms with Crippen LogP contribution in [0.25, 0.3) is 0 Å². The minimum absolute atomic E-state index is 0.0167. The van der Waals surface area contributed by atoms with Crippen molar-refractivity contribution < 1.29 is 19.1 Å². The zero-order chi connectivity index (χ0) is 19.9. The first kappa shape index (κ1) is 19.7. The van der Waals surface area contributed by atoms with Gasteiger partial charge >= 0.3 is 0 Å². The quantitative estimate of drug-likeness (QED) is 0.769. The Kier molecular flexibility index (Phi) is 6.53. The van der Waals surface area contributed by atoms with E-state index < -0.39 is 0 Å². The molecule has 1 saturated heterocycles. The predicted molar refractivity (Wildman–Crippen MR) is 107 cm³/mol. The fraction of sp³-hybridized carbons (Fsp3) is 0.364. The van der Waals surface area contributed by atoms with Crippen LogP contribution in [0.2, 0.25) is 0 Å². The summed E-state index contributed by atoms with van der Waals surface area (Å²) in [6.07, 6.45) is 0.356. The maximum atomic E-state index is 12.5. The summed E-state index contributed by atoms with van der Waals surface area (Å²) < 4.78 is 10.7. The van der Waals surface area contributed by atoms with E-state index in [2.05, 4.69) is 0 Å². The molecule has 2 amide bonds. The molecular weight excluding hydrogens is 356 g/mol. The van der Waals surface area contributed by atoms with Crippen molar-refractivity contribution in [1.29, 1.82) is 0 Å². The zero-order valence-electron chi connectivity index (χ0n) is 16.4. The molecule has 28 heavy (non-hydrogen) atoms. The Hall–Kier alpha value is -3.02. The number of carbonyl (C=O) groups excluding carboxylic acids is 2. The molecule has 6 heteroatoms. The van der Waals surface area contributed by atoms with Gasteiger partial charge in [0.15, 0.2) is 6.61 Å². The highest BCUT2D eigenvalue weighted by atomic mass is 16.5. The van der Waals surface area contributed by atoms with Gasteiger partial charge in [-0.05, 0) is 36.8 Å². The van der Waals surface area contributed by atoms with Gasteiger partial charge in [-0.2, -0.15) is 0 Å². The SMILES string of the molecule is COc1ccc(CC(=O)N2CCN(C(=O)COc3ccc(C)cc3)CC2)cc1. The van der Waals surface area contributed by atoms with E-state index in [1.807, 2.05) is 60.4 Å². The first-order valence-corrected chi connectivity index (χ1v) is 9.43. The molecule has 6 nitrogen and oxygen atoms in total.